The van der Waals surface area contributed by atoms with Gasteiger partial charge in [-0.05, 0) is 44.5 Å². The second kappa shape index (κ2) is 7.13. The summed E-state index contributed by atoms with van der Waals surface area (Å²) < 4.78 is 7.14. The van der Waals surface area contributed by atoms with Gasteiger partial charge in [0.25, 0.3) is 0 Å². The summed E-state index contributed by atoms with van der Waals surface area (Å²) in [5, 5.41) is 9.36. The molecule has 0 saturated carbocycles. The van der Waals surface area contributed by atoms with E-state index in [2.05, 4.69) is 11.5 Å². The molecule has 0 aliphatic rings. The number of hydrogen-bond donors (Lipinski definition) is 1. The Bertz CT molecular complexity index is 731. The van der Waals surface area contributed by atoms with E-state index in [9.17, 15) is 14.7 Å². The van der Waals surface area contributed by atoms with Gasteiger partial charge in [-0.2, -0.15) is 0 Å². The second-order valence-electron chi connectivity index (χ2n) is 5.49. The molecule has 0 aliphatic carbocycles. The van der Waals surface area contributed by atoms with Crippen LogP contribution in [0.2, 0.25) is 0 Å². The number of carbonyl (C=O) groups is 2. The Hall–Kier alpha value is -2.56. The molecule has 0 spiro atoms. The molecule has 1 aromatic heterocycles. The number of benzene rings is 1. The van der Waals surface area contributed by atoms with Crippen molar-refractivity contribution in [2.75, 3.05) is 6.61 Å². The van der Waals surface area contributed by atoms with Crippen molar-refractivity contribution in [1.82, 2.24) is 4.57 Å². The molecule has 1 heterocycles. The van der Waals surface area contributed by atoms with E-state index in [4.69, 9.17) is 4.74 Å². The Morgan fingerprint density at radius 1 is 1.22 bits per heavy atom. The predicted molar refractivity (Wildman–Crippen MR) is 86.9 cm³/mol. The highest BCUT2D eigenvalue weighted by molar-refractivity contribution is 6.00. The topological polar surface area (TPSA) is 68.5 Å². The van der Waals surface area contributed by atoms with Crippen molar-refractivity contribution in [3.05, 3.63) is 52.8 Å². The van der Waals surface area contributed by atoms with Gasteiger partial charge in [-0.1, -0.05) is 13.0 Å². The maximum absolute atomic E-state index is 12.3. The minimum atomic E-state index is -0.628. The lowest BCUT2D eigenvalue weighted by molar-refractivity contribution is 0.0474. The lowest BCUT2D eigenvalue weighted by atomic mass is 10.1. The van der Waals surface area contributed by atoms with Crippen LogP contribution in [0, 0.1) is 13.8 Å². The third-order valence-corrected chi connectivity index (χ3v) is 3.74. The monoisotopic (exact) mass is 315 g/mol. The van der Waals surface area contributed by atoms with Crippen LogP contribution in [0.4, 0.5) is 0 Å². The molecule has 0 saturated heterocycles. The van der Waals surface area contributed by atoms with Crippen LogP contribution in [0.1, 0.15) is 45.4 Å². The first-order valence-electron chi connectivity index (χ1n) is 7.60. The summed E-state index contributed by atoms with van der Waals surface area (Å²) in [5.41, 5.74) is 2.71. The van der Waals surface area contributed by atoms with E-state index in [0.29, 0.717) is 5.56 Å². The van der Waals surface area contributed by atoms with Gasteiger partial charge in [0, 0.05) is 23.5 Å². The molecule has 1 N–H and O–H groups in total. The van der Waals surface area contributed by atoms with Gasteiger partial charge in [0.2, 0.25) is 5.78 Å². The number of esters is 1. The summed E-state index contributed by atoms with van der Waals surface area (Å²) in [6.45, 7) is 6.47. The number of aryl methyl sites for hydroxylation is 1. The molecule has 23 heavy (non-hydrogen) atoms. The molecule has 2 aromatic rings. The summed E-state index contributed by atoms with van der Waals surface area (Å²) >= 11 is 0. The molecule has 2 rings (SSSR count). The number of nitrogens with zero attached hydrogens (tertiary/aromatic N) is 1. The highest BCUT2D eigenvalue weighted by Gasteiger charge is 2.17. The number of phenolic OH excluding ortho intramolecular Hbond substituents is 1. The van der Waals surface area contributed by atoms with Crippen LogP contribution in [0.15, 0.2) is 30.3 Å². The summed E-state index contributed by atoms with van der Waals surface area (Å²) in [6.07, 6.45) is 0.983. The van der Waals surface area contributed by atoms with Crippen LogP contribution in [-0.2, 0) is 11.3 Å². The molecule has 0 atom stereocenters. The van der Waals surface area contributed by atoms with Crippen molar-refractivity contribution < 1.29 is 19.4 Å². The zero-order chi connectivity index (χ0) is 17.0. The van der Waals surface area contributed by atoms with Crippen LogP contribution in [0.5, 0.6) is 5.75 Å². The quantitative estimate of drug-likeness (QED) is 0.656. The summed E-state index contributed by atoms with van der Waals surface area (Å²) in [7, 11) is 0. The van der Waals surface area contributed by atoms with Crippen LogP contribution >= 0.6 is 0 Å². The molecule has 0 aliphatic heterocycles. The molecule has 0 amide bonds. The van der Waals surface area contributed by atoms with Gasteiger partial charge in [0.1, 0.15) is 5.75 Å². The Morgan fingerprint density at radius 2 is 1.96 bits per heavy atom. The first-order valence-corrected chi connectivity index (χ1v) is 7.60. The Kier molecular flexibility index (Phi) is 5.21. The second-order valence-corrected chi connectivity index (χ2v) is 5.49. The average Bonchev–Trinajstić information content (AvgIpc) is 2.81. The number of aromatic nitrogens is 1. The van der Waals surface area contributed by atoms with E-state index < -0.39 is 5.97 Å². The summed E-state index contributed by atoms with van der Waals surface area (Å²) in [5.74, 6) is -0.876. The van der Waals surface area contributed by atoms with E-state index in [1.54, 1.807) is 6.07 Å². The normalized spacial score (nSPS) is 10.6. The average molecular weight is 315 g/mol. The number of rotatable bonds is 6. The zero-order valence-electron chi connectivity index (χ0n) is 13.6. The number of ether oxygens (including phenoxy) is 1. The first-order chi connectivity index (χ1) is 10.9. The van der Waals surface area contributed by atoms with Crippen LogP contribution < -0.4 is 0 Å². The maximum Gasteiger partial charge on any atom is 0.338 e. The Labute approximate surface area is 135 Å². The third kappa shape index (κ3) is 3.80. The molecule has 1 aromatic carbocycles. The van der Waals surface area contributed by atoms with E-state index in [0.717, 1.165) is 24.4 Å². The van der Waals surface area contributed by atoms with E-state index in [1.807, 2.05) is 19.9 Å². The van der Waals surface area contributed by atoms with E-state index in [-0.39, 0.29) is 23.7 Å². The summed E-state index contributed by atoms with van der Waals surface area (Å²) in [6, 6.07) is 7.67. The molecular weight excluding hydrogens is 294 g/mol. The number of carbonyl (C=O) groups excluding carboxylic acids is 2. The molecule has 0 bridgehead atoms. The zero-order valence-corrected chi connectivity index (χ0v) is 13.6. The number of Topliss-reactive ketones (excluding diaryl/α,β-unsaturated/α-hetero) is 1. The highest BCUT2D eigenvalue weighted by atomic mass is 16.5. The van der Waals surface area contributed by atoms with Crippen LogP contribution in [-0.4, -0.2) is 28.0 Å². The van der Waals surface area contributed by atoms with Gasteiger partial charge in [-0.15, -0.1) is 0 Å². The maximum atomic E-state index is 12.3. The van der Waals surface area contributed by atoms with Gasteiger partial charge in [0.05, 0.1) is 5.56 Å². The van der Waals surface area contributed by atoms with Crippen molar-refractivity contribution >= 4 is 11.8 Å². The van der Waals surface area contributed by atoms with Gasteiger partial charge in [-0.3, -0.25) is 4.79 Å². The Morgan fingerprint density at radius 3 is 2.61 bits per heavy atom. The lowest BCUT2D eigenvalue weighted by Crippen LogP contribution is -2.15. The SMILES string of the molecule is CCCn1c(C)cc(C(=O)COC(=O)c2cccc(O)c2)c1C. The van der Waals surface area contributed by atoms with Crippen molar-refractivity contribution in [2.24, 2.45) is 0 Å². The van der Waals surface area contributed by atoms with Crippen molar-refractivity contribution in [3.63, 3.8) is 0 Å². The molecule has 0 radical (unpaired) electrons. The van der Waals surface area contributed by atoms with Gasteiger partial charge >= 0.3 is 5.97 Å². The van der Waals surface area contributed by atoms with Gasteiger partial charge in [0.15, 0.2) is 6.61 Å². The fourth-order valence-electron chi connectivity index (χ4n) is 2.58. The minimum absolute atomic E-state index is 0.0195. The summed E-state index contributed by atoms with van der Waals surface area (Å²) in [4.78, 5) is 24.2. The van der Waals surface area contributed by atoms with Crippen molar-refractivity contribution in [1.29, 1.82) is 0 Å². The standard InChI is InChI=1S/C18H21NO4/c1-4-8-19-12(2)9-16(13(19)3)17(21)11-23-18(22)14-6-5-7-15(20)10-14/h5-7,9-10,20H,4,8,11H2,1-3H3. The highest BCUT2D eigenvalue weighted by Crippen LogP contribution is 2.17. The first kappa shape index (κ1) is 16.8. The van der Waals surface area contributed by atoms with Gasteiger partial charge < -0.3 is 14.4 Å². The molecule has 0 fully saturated rings. The lowest BCUT2D eigenvalue weighted by Gasteiger charge is -2.08. The smallest absolute Gasteiger partial charge is 0.338 e. The van der Waals surface area contributed by atoms with E-state index in [1.165, 1.54) is 18.2 Å². The number of aromatic hydroxyl groups is 1. The Balaban J connectivity index is 2.05. The number of ketones is 1. The minimum Gasteiger partial charge on any atom is -0.508 e. The number of hydrogen-bond acceptors (Lipinski definition) is 4. The molecule has 0 unspecified atom stereocenters. The third-order valence-electron chi connectivity index (χ3n) is 3.74. The fourth-order valence-corrected chi connectivity index (χ4v) is 2.58. The fraction of sp³-hybridized carbons (Fsp3) is 0.333. The molecule has 5 nitrogen and oxygen atoms in total. The van der Waals surface area contributed by atoms with Crippen LogP contribution in [0.3, 0.4) is 0 Å². The van der Waals surface area contributed by atoms with E-state index >= 15 is 0 Å². The molecular formula is C18H21NO4. The van der Waals surface area contributed by atoms with Crippen molar-refractivity contribution in [2.45, 2.75) is 33.7 Å². The molecule has 122 valence electrons. The predicted octanol–water partition coefficient (Wildman–Crippen LogP) is 3.26. The number of phenols is 1. The van der Waals surface area contributed by atoms with Crippen molar-refractivity contribution in [3.8, 4) is 5.75 Å². The van der Waals surface area contributed by atoms with Gasteiger partial charge in [-0.25, -0.2) is 4.79 Å². The largest absolute Gasteiger partial charge is 0.508 e. The van der Waals surface area contributed by atoms with Crippen LogP contribution in [0.25, 0.3) is 0 Å². The molecule has 5 heteroatoms.